The highest BCUT2D eigenvalue weighted by Crippen LogP contribution is 2.20. The number of aliphatic hydroxyl groups is 1. The van der Waals surface area contributed by atoms with E-state index in [-0.39, 0.29) is 29.6 Å². The van der Waals surface area contributed by atoms with Gasteiger partial charge in [0.25, 0.3) is 0 Å². The molecule has 0 unspecified atom stereocenters. The van der Waals surface area contributed by atoms with Crippen molar-refractivity contribution in [2.75, 3.05) is 24.7 Å². The first-order valence-corrected chi connectivity index (χ1v) is 7.26. The first-order chi connectivity index (χ1) is 8.37. The lowest BCUT2D eigenvalue weighted by atomic mass is 9.88. The van der Waals surface area contributed by atoms with Gasteiger partial charge in [0.2, 0.25) is 11.8 Å². The van der Waals surface area contributed by atoms with Crippen LogP contribution in [-0.4, -0.2) is 41.6 Å². The molecule has 0 spiro atoms. The molecule has 0 rings (SSSR count). The molecule has 0 heterocycles. The molecule has 0 aromatic heterocycles. The van der Waals surface area contributed by atoms with E-state index in [1.54, 1.807) is 0 Å². The van der Waals surface area contributed by atoms with Gasteiger partial charge < -0.3 is 16.2 Å². The number of rotatable bonds is 10. The molecule has 0 aliphatic heterocycles. The average molecular weight is 276 g/mol. The molecular weight excluding hydrogens is 252 g/mol. The Labute approximate surface area is 113 Å². The monoisotopic (exact) mass is 276 g/mol. The van der Waals surface area contributed by atoms with E-state index in [2.05, 4.69) is 19.2 Å². The van der Waals surface area contributed by atoms with E-state index in [1.807, 2.05) is 0 Å². The van der Waals surface area contributed by atoms with Crippen LogP contribution in [0.1, 0.15) is 33.1 Å². The molecular formula is C12H24N2O3S. The van der Waals surface area contributed by atoms with Crippen LogP contribution in [0.25, 0.3) is 0 Å². The van der Waals surface area contributed by atoms with Crippen LogP contribution in [0.15, 0.2) is 0 Å². The summed E-state index contributed by atoms with van der Waals surface area (Å²) in [4.78, 5) is 22.0. The van der Waals surface area contributed by atoms with Gasteiger partial charge in [-0.25, -0.2) is 0 Å². The zero-order valence-corrected chi connectivity index (χ0v) is 12.0. The maximum Gasteiger partial charge on any atom is 0.227 e. The van der Waals surface area contributed by atoms with Crippen molar-refractivity contribution in [2.45, 2.75) is 33.1 Å². The Morgan fingerprint density at radius 3 is 2.61 bits per heavy atom. The van der Waals surface area contributed by atoms with E-state index < -0.39 is 0 Å². The maximum atomic E-state index is 11.5. The Hall–Kier alpha value is -0.750. The summed E-state index contributed by atoms with van der Waals surface area (Å²) in [6.45, 7) is 4.91. The van der Waals surface area contributed by atoms with Crippen LogP contribution in [0, 0.1) is 5.41 Å². The summed E-state index contributed by atoms with van der Waals surface area (Å²) in [6.07, 6.45) is 2.02. The number of nitrogens with two attached hydrogens (primary N) is 1. The van der Waals surface area contributed by atoms with Gasteiger partial charge in [0.15, 0.2) is 0 Å². The topological polar surface area (TPSA) is 92.4 Å². The van der Waals surface area contributed by atoms with Crippen molar-refractivity contribution in [2.24, 2.45) is 11.1 Å². The van der Waals surface area contributed by atoms with Crippen LogP contribution >= 0.6 is 11.8 Å². The molecule has 18 heavy (non-hydrogen) atoms. The van der Waals surface area contributed by atoms with Crippen molar-refractivity contribution in [3.8, 4) is 0 Å². The third-order valence-electron chi connectivity index (χ3n) is 2.49. The number of hydrogen-bond donors (Lipinski definition) is 3. The van der Waals surface area contributed by atoms with Crippen molar-refractivity contribution in [3.05, 3.63) is 0 Å². The summed E-state index contributed by atoms with van der Waals surface area (Å²) in [7, 11) is 0. The molecule has 6 heteroatoms. The van der Waals surface area contributed by atoms with Crippen molar-refractivity contribution in [1.29, 1.82) is 0 Å². The SMILES string of the molecule is CC(C)(CCCO)CNC(=O)CCSCC(N)=O. The number of carbonyl (C=O) groups is 2. The van der Waals surface area contributed by atoms with Crippen molar-refractivity contribution in [1.82, 2.24) is 5.32 Å². The zero-order chi connectivity index (χ0) is 14.0. The Balaban J connectivity index is 3.65. The van der Waals surface area contributed by atoms with Gasteiger partial charge >= 0.3 is 0 Å². The molecule has 0 radical (unpaired) electrons. The Morgan fingerprint density at radius 2 is 2.06 bits per heavy atom. The number of amides is 2. The number of carbonyl (C=O) groups excluding carboxylic acids is 2. The van der Waals surface area contributed by atoms with Crippen molar-refractivity contribution >= 4 is 23.6 Å². The molecule has 0 atom stereocenters. The predicted octanol–water partition coefficient (Wildman–Crippen LogP) is 0.510. The zero-order valence-electron chi connectivity index (χ0n) is 11.2. The van der Waals surface area contributed by atoms with Gasteiger partial charge in [0.1, 0.15) is 0 Å². The van der Waals surface area contributed by atoms with Gasteiger partial charge in [0.05, 0.1) is 5.75 Å². The summed E-state index contributed by atoms with van der Waals surface area (Å²) >= 11 is 1.37. The minimum atomic E-state index is -0.356. The molecule has 106 valence electrons. The lowest BCUT2D eigenvalue weighted by Gasteiger charge is -2.24. The van der Waals surface area contributed by atoms with Gasteiger partial charge in [-0.05, 0) is 18.3 Å². The summed E-state index contributed by atoms with van der Waals surface area (Å²) in [5, 5.41) is 11.6. The molecule has 0 fully saturated rings. The van der Waals surface area contributed by atoms with Gasteiger partial charge in [-0.15, -0.1) is 0 Å². The normalized spacial score (nSPS) is 11.3. The van der Waals surface area contributed by atoms with E-state index in [4.69, 9.17) is 10.8 Å². The minimum absolute atomic E-state index is 0.00123. The fourth-order valence-corrected chi connectivity index (χ4v) is 2.09. The van der Waals surface area contributed by atoms with Crippen LogP contribution in [0.5, 0.6) is 0 Å². The van der Waals surface area contributed by atoms with Crippen LogP contribution in [-0.2, 0) is 9.59 Å². The average Bonchev–Trinajstić information content (AvgIpc) is 2.29. The molecule has 2 amide bonds. The van der Waals surface area contributed by atoms with E-state index in [0.29, 0.717) is 18.7 Å². The summed E-state index contributed by atoms with van der Waals surface area (Å²) in [5.74, 6) is 0.496. The highest BCUT2D eigenvalue weighted by atomic mass is 32.2. The summed E-state index contributed by atoms with van der Waals surface area (Å²) < 4.78 is 0. The van der Waals surface area contributed by atoms with Crippen LogP contribution in [0.2, 0.25) is 0 Å². The maximum absolute atomic E-state index is 11.5. The standard InChI is InChI=1S/C12H24N2O3S/c1-12(2,5-3-6-15)9-14-11(17)4-7-18-8-10(13)16/h15H,3-9H2,1-2H3,(H2,13,16)(H,14,17). The second-order valence-electron chi connectivity index (χ2n) is 5.04. The first-order valence-electron chi connectivity index (χ1n) is 6.11. The summed E-state index contributed by atoms with van der Waals surface area (Å²) in [6, 6.07) is 0. The quantitative estimate of drug-likeness (QED) is 0.507. The number of thioether (sulfide) groups is 1. The third-order valence-corrected chi connectivity index (χ3v) is 3.48. The minimum Gasteiger partial charge on any atom is -0.396 e. The van der Waals surface area contributed by atoms with Crippen LogP contribution in [0.4, 0.5) is 0 Å². The van der Waals surface area contributed by atoms with E-state index >= 15 is 0 Å². The highest BCUT2D eigenvalue weighted by Gasteiger charge is 2.18. The Bertz CT molecular complexity index is 270. The third kappa shape index (κ3) is 10.4. The molecule has 5 nitrogen and oxygen atoms in total. The van der Waals surface area contributed by atoms with Gasteiger partial charge in [-0.3, -0.25) is 9.59 Å². The van der Waals surface area contributed by atoms with Crippen LogP contribution < -0.4 is 11.1 Å². The molecule has 0 aliphatic carbocycles. The largest absolute Gasteiger partial charge is 0.396 e. The molecule has 0 saturated heterocycles. The Kier molecular flexibility index (Phi) is 8.83. The molecule has 0 aliphatic rings. The second-order valence-corrected chi connectivity index (χ2v) is 6.14. The Morgan fingerprint density at radius 1 is 1.39 bits per heavy atom. The number of aliphatic hydroxyl groups excluding tert-OH is 1. The highest BCUT2D eigenvalue weighted by molar-refractivity contribution is 7.99. The van der Waals surface area contributed by atoms with E-state index in [0.717, 1.165) is 12.8 Å². The van der Waals surface area contributed by atoms with Crippen molar-refractivity contribution in [3.63, 3.8) is 0 Å². The molecule has 0 aromatic carbocycles. The fraction of sp³-hybridized carbons (Fsp3) is 0.833. The van der Waals surface area contributed by atoms with Gasteiger partial charge in [-0.2, -0.15) is 11.8 Å². The van der Waals surface area contributed by atoms with Gasteiger partial charge in [0, 0.05) is 25.3 Å². The molecule has 0 aromatic rings. The van der Waals surface area contributed by atoms with E-state index in [9.17, 15) is 9.59 Å². The van der Waals surface area contributed by atoms with Gasteiger partial charge in [-0.1, -0.05) is 13.8 Å². The predicted molar refractivity (Wildman–Crippen MR) is 74.2 cm³/mol. The number of hydrogen-bond acceptors (Lipinski definition) is 4. The lowest BCUT2D eigenvalue weighted by molar-refractivity contribution is -0.121. The lowest BCUT2D eigenvalue weighted by Crippen LogP contribution is -2.34. The second kappa shape index (κ2) is 9.22. The number of primary amides is 1. The number of nitrogens with one attached hydrogen (secondary N) is 1. The van der Waals surface area contributed by atoms with Crippen LogP contribution in [0.3, 0.4) is 0 Å². The van der Waals surface area contributed by atoms with E-state index in [1.165, 1.54) is 11.8 Å². The molecule has 0 bridgehead atoms. The molecule has 4 N–H and O–H groups in total. The fourth-order valence-electron chi connectivity index (χ4n) is 1.41. The smallest absolute Gasteiger partial charge is 0.227 e. The van der Waals surface area contributed by atoms with Crippen molar-refractivity contribution < 1.29 is 14.7 Å². The molecule has 0 saturated carbocycles. The summed E-state index contributed by atoms with van der Waals surface area (Å²) in [5.41, 5.74) is 4.99. The first kappa shape index (κ1) is 17.2.